The van der Waals surface area contributed by atoms with Gasteiger partial charge in [0.2, 0.25) is 5.91 Å². The van der Waals surface area contributed by atoms with Crippen molar-refractivity contribution in [2.24, 2.45) is 0 Å². The Hall–Kier alpha value is -2.99. The van der Waals surface area contributed by atoms with E-state index in [4.69, 9.17) is 14.2 Å². The van der Waals surface area contributed by atoms with Crippen LogP contribution >= 0.6 is 0 Å². The first-order chi connectivity index (χ1) is 15.6. The van der Waals surface area contributed by atoms with Crippen molar-refractivity contribution in [3.05, 3.63) is 48.0 Å². The number of fused-ring (bicyclic) bond motifs is 1. The number of carbonyl (C=O) groups is 1. The van der Waals surface area contributed by atoms with Crippen LogP contribution in [-0.2, 0) is 16.0 Å². The van der Waals surface area contributed by atoms with Crippen molar-refractivity contribution >= 4 is 16.8 Å². The van der Waals surface area contributed by atoms with Crippen LogP contribution in [0.4, 0.5) is 0 Å². The first-order valence-electron chi connectivity index (χ1n) is 11.3. The molecule has 1 unspecified atom stereocenters. The number of likely N-dealkylation sites (N-methyl/N-ethyl adjacent to an activating group) is 1. The molecule has 0 radical (unpaired) electrons. The Morgan fingerprint density at radius 3 is 2.75 bits per heavy atom. The number of aromatic nitrogens is 1. The number of amides is 1. The number of carbonyl (C=O) groups excluding carboxylic acids is 1. The molecule has 3 aromatic rings. The molecule has 1 N–H and O–H groups in total. The van der Waals surface area contributed by atoms with Gasteiger partial charge < -0.3 is 24.1 Å². The van der Waals surface area contributed by atoms with E-state index >= 15 is 0 Å². The summed E-state index contributed by atoms with van der Waals surface area (Å²) < 4.78 is 16.8. The molecule has 1 fully saturated rings. The third-order valence-corrected chi connectivity index (χ3v) is 6.26. The molecule has 1 atom stereocenters. The van der Waals surface area contributed by atoms with Gasteiger partial charge in [0.25, 0.3) is 0 Å². The average molecular weight is 437 g/mol. The number of hydrogen-bond donors (Lipinski definition) is 1. The number of ether oxygens (including phenoxy) is 3. The van der Waals surface area contributed by atoms with Gasteiger partial charge in [-0.25, -0.2) is 0 Å². The summed E-state index contributed by atoms with van der Waals surface area (Å²) in [4.78, 5) is 18.3. The Morgan fingerprint density at radius 1 is 1.16 bits per heavy atom. The van der Waals surface area contributed by atoms with Gasteiger partial charge in [0.1, 0.15) is 11.5 Å². The minimum atomic E-state index is 0.136. The molecule has 1 saturated heterocycles. The number of nitrogens with zero attached hydrogens (tertiary/aromatic N) is 1. The van der Waals surface area contributed by atoms with Crippen LogP contribution in [0.15, 0.2) is 42.5 Å². The molecular weight excluding hydrogens is 404 g/mol. The third-order valence-electron chi connectivity index (χ3n) is 6.26. The third kappa shape index (κ3) is 4.75. The van der Waals surface area contributed by atoms with Crippen LogP contribution in [0.5, 0.6) is 11.5 Å². The quantitative estimate of drug-likeness (QED) is 0.550. The molecule has 2 heterocycles. The maximum Gasteiger partial charge on any atom is 0.222 e. The fourth-order valence-corrected chi connectivity index (χ4v) is 4.48. The molecule has 6 heteroatoms. The molecule has 1 aliphatic heterocycles. The Morgan fingerprint density at radius 2 is 2.00 bits per heavy atom. The molecule has 170 valence electrons. The minimum absolute atomic E-state index is 0.136. The molecule has 0 bridgehead atoms. The molecule has 0 spiro atoms. The number of nitrogens with one attached hydrogen (secondary N) is 1. The number of methoxy groups -OCH3 is 2. The summed E-state index contributed by atoms with van der Waals surface area (Å²) in [5.41, 5.74) is 4.11. The van der Waals surface area contributed by atoms with Gasteiger partial charge in [-0.15, -0.1) is 0 Å². The maximum atomic E-state index is 12.9. The molecule has 6 nitrogen and oxygen atoms in total. The average Bonchev–Trinajstić information content (AvgIpc) is 3.20. The summed E-state index contributed by atoms with van der Waals surface area (Å²) in [5.74, 6) is 1.61. The van der Waals surface area contributed by atoms with E-state index in [-0.39, 0.29) is 12.0 Å². The van der Waals surface area contributed by atoms with Crippen LogP contribution in [0.2, 0.25) is 0 Å². The molecule has 1 amide bonds. The number of rotatable bonds is 8. The number of benzene rings is 2. The highest BCUT2D eigenvalue weighted by molar-refractivity contribution is 5.92. The normalized spacial score (nSPS) is 16.2. The number of aryl methyl sites for hydroxylation is 1. The number of aromatic amines is 1. The molecule has 1 aliphatic rings. The van der Waals surface area contributed by atoms with Gasteiger partial charge in [-0.05, 0) is 49.4 Å². The number of hydrogen-bond acceptors (Lipinski definition) is 4. The van der Waals surface area contributed by atoms with E-state index in [9.17, 15) is 4.79 Å². The van der Waals surface area contributed by atoms with Crippen molar-refractivity contribution in [2.45, 2.75) is 38.2 Å². The Bertz CT molecular complexity index is 1070. The van der Waals surface area contributed by atoms with Crippen molar-refractivity contribution in [2.75, 3.05) is 34.4 Å². The van der Waals surface area contributed by atoms with Crippen LogP contribution < -0.4 is 9.47 Å². The first-order valence-corrected chi connectivity index (χ1v) is 11.3. The van der Waals surface area contributed by atoms with Crippen LogP contribution in [0.25, 0.3) is 22.2 Å². The zero-order chi connectivity index (χ0) is 22.5. The second kappa shape index (κ2) is 10.1. The van der Waals surface area contributed by atoms with Crippen molar-refractivity contribution in [1.29, 1.82) is 0 Å². The van der Waals surface area contributed by atoms with Crippen molar-refractivity contribution in [3.8, 4) is 22.8 Å². The van der Waals surface area contributed by atoms with Gasteiger partial charge in [-0.3, -0.25) is 4.79 Å². The standard InChI is InChI=1S/C26H32N2O4/c1-28(17-19-8-6-7-15-32-19)25(29)14-13-21-20-9-4-5-10-23(20)27-26(21)22-12-11-18(30-2)16-24(22)31-3/h4-5,9-12,16,19,27H,6-8,13-15,17H2,1-3H3. The van der Waals surface area contributed by atoms with Crippen LogP contribution in [-0.4, -0.2) is 56.3 Å². The summed E-state index contributed by atoms with van der Waals surface area (Å²) in [7, 11) is 5.18. The van der Waals surface area contributed by atoms with Gasteiger partial charge in [0.15, 0.2) is 0 Å². The smallest absolute Gasteiger partial charge is 0.222 e. The molecule has 1 aromatic heterocycles. The zero-order valence-corrected chi connectivity index (χ0v) is 19.1. The molecular formula is C26H32N2O4. The van der Waals surface area contributed by atoms with E-state index in [0.29, 0.717) is 19.4 Å². The number of para-hydroxylation sites is 1. The molecule has 0 aliphatic carbocycles. The zero-order valence-electron chi connectivity index (χ0n) is 19.1. The summed E-state index contributed by atoms with van der Waals surface area (Å²) in [6.07, 6.45) is 4.56. The van der Waals surface area contributed by atoms with E-state index < -0.39 is 0 Å². The monoisotopic (exact) mass is 436 g/mol. The number of H-pyrrole nitrogens is 1. The van der Waals surface area contributed by atoms with E-state index in [1.54, 1.807) is 14.2 Å². The maximum absolute atomic E-state index is 12.9. The Labute approximate surface area is 189 Å². The molecule has 4 rings (SSSR count). The van der Waals surface area contributed by atoms with Crippen LogP contribution in [0.1, 0.15) is 31.2 Å². The summed E-state index contributed by atoms with van der Waals surface area (Å²) >= 11 is 0. The minimum Gasteiger partial charge on any atom is -0.497 e. The SMILES string of the molecule is COc1ccc(-c2[nH]c3ccccc3c2CCC(=O)N(C)CC2CCCCO2)c(OC)c1. The summed E-state index contributed by atoms with van der Waals surface area (Å²) in [6, 6.07) is 14.0. The van der Waals surface area contributed by atoms with Crippen molar-refractivity contribution < 1.29 is 19.0 Å². The highest BCUT2D eigenvalue weighted by Gasteiger charge is 2.21. The fraction of sp³-hybridized carbons (Fsp3) is 0.423. The van der Waals surface area contributed by atoms with Gasteiger partial charge in [-0.2, -0.15) is 0 Å². The van der Waals surface area contributed by atoms with Gasteiger partial charge >= 0.3 is 0 Å². The van der Waals surface area contributed by atoms with E-state index in [1.807, 2.05) is 42.3 Å². The molecule has 32 heavy (non-hydrogen) atoms. The van der Waals surface area contributed by atoms with Gasteiger partial charge in [0, 0.05) is 49.2 Å². The highest BCUT2D eigenvalue weighted by Crippen LogP contribution is 2.38. The Balaban J connectivity index is 1.58. The van der Waals surface area contributed by atoms with Gasteiger partial charge in [0.05, 0.1) is 26.0 Å². The molecule has 0 saturated carbocycles. The predicted octanol–water partition coefficient (Wildman–Crippen LogP) is 4.81. The second-order valence-corrected chi connectivity index (χ2v) is 8.35. The molecule has 2 aromatic carbocycles. The lowest BCUT2D eigenvalue weighted by Crippen LogP contribution is -2.37. The lowest BCUT2D eigenvalue weighted by Gasteiger charge is -2.27. The van der Waals surface area contributed by atoms with E-state index in [0.717, 1.165) is 58.7 Å². The lowest BCUT2D eigenvalue weighted by atomic mass is 10.00. The predicted molar refractivity (Wildman–Crippen MR) is 126 cm³/mol. The van der Waals surface area contributed by atoms with E-state index in [2.05, 4.69) is 17.1 Å². The fourth-order valence-electron chi connectivity index (χ4n) is 4.48. The topological polar surface area (TPSA) is 63.8 Å². The second-order valence-electron chi connectivity index (χ2n) is 8.35. The van der Waals surface area contributed by atoms with E-state index in [1.165, 1.54) is 6.42 Å². The van der Waals surface area contributed by atoms with Crippen molar-refractivity contribution in [3.63, 3.8) is 0 Å². The highest BCUT2D eigenvalue weighted by atomic mass is 16.5. The van der Waals surface area contributed by atoms with Gasteiger partial charge in [-0.1, -0.05) is 18.2 Å². The lowest BCUT2D eigenvalue weighted by molar-refractivity contribution is -0.132. The summed E-state index contributed by atoms with van der Waals surface area (Å²) in [6.45, 7) is 1.46. The van der Waals surface area contributed by atoms with Crippen LogP contribution in [0.3, 0.4) is 0 Å². The largest absolute Gasteiger partial charge is 0.497 e. The van der Waals surface area contributed by atoms with Crippen molar-refractivity contribution in [1.82, 2.24) is 9.88 Å². The summed E-state index contributed by atoms with van der Waals surface area (Å²) in [5, 5.41) is 1.13. The Kier molecular flexibility index (Phi) is 7.00. The van der Waals surface area contributed by atoms with Crippen LogP contribution in [0, 0.1) is 0 Å². The first kappa shape index (κ1) is 22.2.